The van der Waals surface area contributed by atoms with Crippen molar-refractivity contribution in [2.75, 3.05) is 83.7 Å². The Balaban J connectivity index is 0.785. The Labute approximate surface area is 547 Å². The first-order valence-corrected chi connectivity index (χ1v) is 32.5. The highest BCUT2D eigenvalue weighted by atomic mass is 32.1. The molecule has 0 radical (unpaired) electrons. The number of hydrogen-bond acceptors (Lipinski definition) is 17. The number of carbonyl (C=O) groups excluding carboxylic acids is 8. The van der Waals surface area contributed by atoms with Crippen LogP contribution < -0.4 is 42.5 Å². The molecule has 10 bridgehead atoms. The van der Waals surface area contributed by atoms with Crippen LogP contribution in [0.2, 0.25) is 0 Å². The van der Waals surface area contributed by atoms with E-state index in [1.807, 2.05) is 0 Å². The van der Waals surface area contributed by atoms with Gasteiger partial charge < -0.3 is 71.0 Å². The summed E-state index contributed by atoms with van der Waals surface area (Å²) >= 11 is 16.4. The van der Waals surface area contributed by atoms with Gasteiger partial charge in [0.1, 0.15) is 17.5 Å². The number of nitrogens with zero attached hydrogens (tertiary/aromatic N) is 1. The summed E-state index contributed by atoms with van der Waals surface area (Å²) in [4.78, 5) is 123. The maximum absolute atomic E-state index is 15.6. The van der Waals surface area contributed by atoms with Crippen LogP contribution >= 0.6 is 36.7 Å². The maximum atomic E-state index is 15.6. The Bertz CT molecular complexity index is 3500. The van der Waals surface area contributed by atoms with Crippen molar-refractivity contribution < 1.29 is 79.9 Å². The third-order valence-electron chi connectivity index (χ3n) is 23.2. The quantitative estimate of drug-likeness (QED) is 0.0299. The van der Waals surface area contributed by atoms with Crippen molar-refractivity contribution >= 4 is 117 Å². The fraction of sp³-hybridized carbons (Fsp3) is 0.547. The molecule has 5 heterocycles. The van der Waals surface area contributed by atoms with Crippen LogP contribution in [0.1, 0.15) is 19.3 Å². The van der Waals surface area contributed by atoms with Crippen LogP contribution in [0.25, 0.3) is 0 Å². The fourth-order valence-electron chi connectivity index (χ4n) is 21.2. The molecule has 0 unspecified atom stereocenters. The van der Waals surface area contributed by atoms with Gasteiger partial charge in [0.15, 0.2) is 37.7 Å². The molecule has 6 saturated carbocycles. The SMILES string of the molecule is COC(=O)[C@]12O[C@](C(=O)OC)([C@@H]3[C@@H]4C[C@@H]([C@H](C(=O)NCCNC(=S)Nc5ccc(F)cc5)[C@@H]4C(=O)NCCNC(=S)Nc4ccc(F)cc4)[C@@H]31)[C@H]1[C@H]3C[C@@H]([C@H]12)[C@H]1[C@@H]3[C@@]2(C(=O)OC)O[C@]1(C(=O)OC)[C@@H]1[C@@H]3C[C@@H]([C@@H]4C(=O)N(CCNC(=S)Nc5ccc(F)cc5)C(=O)[C@H]34)[C@@H]12. The summed E-state index contributed by atoms with van der Waals surface area (Å²) < 4.78 is 78.8. The van der Waals surface area contributed by atoms with Crippen LogP contribution in [-0.2, 0) is 66.8 Å². The number of ether oxygens (including phenoxy) is 6. The molecule has 23 nitrogen and oxygen atoms in total. The zero-order valence-electron chi connectivity index (χ0n) is 50.7. The molecular weight excluding hydrogens is 1270 g/mol. The molecule has 29 heteroatoms. The van der Waals surface area contributed by atoms with Crippen LogP contribution in [0.4, 0.5) is 30.2 Å². The number of nitrogens with one attached hydrogen (secondary N) is 8. The minimum Gasteiger partial charge on any atom is -0.467 e. The van der Waals surface area contributed by atoms with Gasteiger partial charge in [-0.2, -0.15) is 0 Å². The van der Waals surface area contributed by atoms with E-state index in [2.05, 4.69) is 42.5 Å². The predicted molar refractivity (Wildman–Crippen MR) is 332 cm³/mol. The molecule has 0 aromatic heterocycles. The standard InChI is InChI=1S/C64H68F3N9O14S3/c1-85-54(81)61-42-32-23-33(39(51(78)69-18-20-71-59(92)74-30-13-7-27(66)8-14-30)38(32)50(77)68-17-19-70-58(91)73-29-11-5-26(65)6-12-29)43(42)62(89-61,55(82)86-2)47-37-25-36(46(47)61)48-49(37)64(57(84)88-4)45-35-24-34(44(45)63(48,90-64)56(83)87-3)40-41(35)53(80)76(52(40)79)22-21-72-60(93)75-31-15-9-28(67)10-16-31/h5-16,32-49H,17-25H2,1-4H3,(H,68,77)(H,69,78)(H2,70,73,91)(H2,71,74,92)(H2,72,75,93)/t32-,33+,34+,35-,36-,37+,38-,39+,40+,41-,42-,43+,44+,45-,46+,47-,48-,49+,61-,62+,63+,64-. The molecule has 11 fully saturated rings. The predicted octanol–water partition coefficient (Wildman–Crippen LogP) is 3.04. The number of hydrogen-bond donors (Lipinski definition) is 8. The van der Waals surface area contributed by atoms with E-state index in [-0.39, 0.29) is 67.4 Å². The van der Waals surface area contributed by atoms with Gasteiger partial charge in [-0.3, -0.25) is 24.1 Å². The van der Waals surface area contributed by atoms with E-state index >= 15 is 28.8 Å². The number of amides is 4. The molecule has 5 aliphatic heterocycles. The van der Waals surface area contributed by atoms with Crippen molar-refractivity contribution in [1.29, 1.82) is 0 Å². The van der Waals surface area contributed by atoms with Gasteiger partial charge in [-0.15, -0.1) is 0 Å². The number of likely N-dealkylation sites (tertiary alicyclic amines) is 1. The molecule has 0 spiro atoms. The van der Waals surface area contributed by atoms with Gasteiger partial charge in [0.05, 0.1) is 52.1 Å². The average Bonchev–Trinajstić information content (AvgIpc) is 1.43. The van der Waals surface area contributed by atoms with Crippen molar-refractivity contribution in [3.8, 4) is 0 Å². The molecule has 3 aromatic rings. The van der Waals surface area contributed by atoms with E-state index in [4.69, 9.17) is 65.1 Å². The minimum absolute atomic E-state index is 0.00955. The Kier molecular flexibility index (Phi) is 15.6. The molecule has 11 aliphatic rings. The van der Waals surface area contributed by atoms with Gasteiger partial charge in [-0.1, -0.05) is 0 Å². The zero-order valence-corrected chi connectivity index (χ0v) is 53.2. The van der Waals surface area contributed by atoms with Crippen LogP contribution in [0.3, 0.4) is 0 Å². The Morgan fingerprint density at radius 2 is 0.699 bits per heavy atom. The first-order chi connectivity index (χ1) is 44.7. The number of carbonyl (C=O) groups is 8. The number of methoxy groups -OCH3 is 4. The fourth-order valence-corrected chi connectivity index (χ4v) is 21.9. The van der Waals surface area contributed by atoms with E-state index in [0.717, 1.165) is 0 Å². The lowest BCUT2D eigenvalue weighted by Gasteiger charge is -2.57. The number of benzene rings is 3. The molecule has 22 atom stereocenters. The molecule has 492 valence electrons. The lowest BCUT2D eigenvalue weighted by molar-refractivity contribution is -0.193. The second kappa shape index (κ2) is 23.1. The summed E-state index contributed by atoms with van der Waals surface area (Å²) in [6, 6.07) is 16.7. The normalized spacial score (nSPS) is 37.8. The lowest BCUT2D eigenvalue weighted by atomic mass is 9.41. The maximum Gasteiger partial charge on any atom is 0.338 e. The molecular formula is C64H68F3N9O14S3. The topological polar surface area (TPSA) is 291 Å². The lowest BCUT2D eigenvalue weighted by Crippen LogP contribution is -2.69. The number of rotatable bonds is 18. The largest absolute Gasteiger partial charge is 0.467 e. The number of esters is 4. The summed E-state index contributed by atoms with van der Waals surface area (Å²) in [6.45, 7) is 0.245. The number of anilines is 3. The van der Waals surface area contributed by atoms with Gasteiger partial charge in [0.25, 0.3) is 0 Å². The average molecular weight is 1340 g/mol. The van der Waals surface area contributed by atoms with Gasteiger partial charge in [0, 0.05) is 104 Å². The van der Waals surface area contributed by atoms with Crippen molar-refractivity contribution in [2.45, 2.75) is 41.7 Å². The first-order valence-electron chi connectivity index (χ1n) is 31.2. The second-order valence-corrected chi connectivity index (χ2v) is 27.6. The van der Waals surface area contributed by atoms with Gasteiger partial charge in [-0.25, -0.2) is 32.3 Å². The van der Waals surface area contributed by atoms with E-state index in [0.29, 0.717) is 23.5 Å². The van der Waals surface area contributed by atoms with Gasteiger partial charge in [-0.05, 0) is 164 Å². The highest BCUT2D eigenvalue weighted by Crippen LogP contribution is 2.88. The molecule has 3 aromatic carbocycles. The Morgan fingerprint density at radius 3 is 1.02 bits per heavy atom. The molecule has 8 N–H and O–H groups in total. The zero-order chi connectivity index (χ0) is 65.5. The summed E-state index contributed by atoms with van der Waals surface area (Å²) in [5, 5.41) is 24.5. The third-order valence-corrected chi connectivity index (χ3v) is 23.9. The van der Waals surface area contributed by atoms with Crippen molar-refractivity contribution in [2.24, 2.45) is 107 Å². The van der Waals surface area contributed by atoms with Crippen molar-refractivity contribution in [1.82, 2.24) is 31.5 Å². The second-order valence-electron chi connectivity index (χ2n) is 26.4. The van der Waals surface area contributed by atoms with Crippen molar-refractivity contribution in [3.05, 3.63) is 90.2 Å². The van der Waals surface area contributed by atoms with Crippen LogP contribution in [0.5, 0.6) is 0 Å². The Morgan fingerprint density at radius 1 is 0.430 bits per heavy atom. The van der Waals surface area contributed by atoms with Crippen LogP contribution in [0, 0.1) is 124 Å². The third kappa shape index (κ3) is 8.85. The smallest absolute Gasteiger partial charge is 0.338 e. The van der Waals surface area contributed by atoms with Gasteiger partial charge >= 0.3 is 23.9 Å². The van der Waals surface area contributed by atoms with E-state index in [9.17, 15) is 22.8 Å². The highest BCUT2D eigenvalue weighted by molar-refractivity contribution is 7.80. The van der Waals surface area contributed by atoms with E-state index in [1.54, 1.807) is 0 Å². The summed E-state index contributed by atoms with van der Waals surface area (Å²) in [5.41, 5.74) is -6.34. The molecule has 5 saturated heterocycles. The van der Waals surface area contributed by atoms with E-state index in [1.165, 1.54) is 106 Å². The van der Waals surface area contributed by atoms with Crippen LogP contribution in [0.15, 0.2) is 72.8 Å². The molecule has 6 aliphatic carbocycles. The molecule has 4 amide bonds. The van der Waals surface area contributed by atoms with E-state index < -0.39 is 194 Å². The van der Waals surface area contributed by atoms with Crippen molar-refractivity contribution in [3.63, 3.8) is 0 Å². The number of halogens is 3. The first kappa shape index (κ1) is 62.8. The number of fused-ring (bicyclic) bond motifs is 33. The molecule has 14 rings (SSSR count). The van der Waals surface area contributed by atoms with Crippen LogP contribution in [-0.4, -0.2) is 158 Å². The van der Waals surface area contributed by atoms with Gasteiger partial charge in [0.2, 0.25) is 23.6 Å². The summed E-state index contributed by atoms with van der Waals surface area (Å²) in [7, 11) is 4.85. The minimum atomic E-state index is -2.01. The highest BCUT2D eigenvalue weighted by Gasteiger charge is 2.98. The molecule has 93 heavy (non-hydrogen) atoms. The monoisotopic (exact) mass is 1340 g/mol. The number of thiocarbonyl (C=S) groups is 3. The Hall–Kier alpha value is -7.60. The summed E-state index contributed by atoms with van der Waals surface area (Å²) in [5.74, 6) is -22.2. The summed E-state index contributed by atoms with van der Waals surface area (Å²) in [6.07, 6.45) is 0.742. The number of imide groups is 1.